The molecule has 3 aromatic heterocycles. The number of nitrogens with zero attached hydrogens (tertiary/aromatic N) is 2. The van der Waals surface area contributed by atoms with Crippen LogP contribution in [0.1, 0.15) is 0 Å². The van der Waals surface area contributed by atoms with E-state index in [1.807, 2.05) is 22.9 Å². The zero-order valence-corrected chi connectivity index (χ0v) is 12.0. The average molecular weight is 292 g/mol. The van der Waals surface area contributed by atoms with Crippen LogP contribution in [0.5, 0.6) is 0 Å². The van der Waals surface area contributed by atoms with E-state index >= 15 is 0 Å². The van der Waals surface area contributed by atoms with E-state index in [-0.39, 0.29) is 0 Å². The van der Waals surface area contributed by atoms with Gasteiger partial charge in [0.15, 0.2) is 0 Å². The Hall–Kier alpha value is -2.59. The lowest BCUT2D eigenvalue weighted by molar-refractivity contribution is 0.552. The number of thiophene rings is 1. The van der Waals surface area contributed by atoms with Crippen LogP contribution in [0.3, 0.4) is 0 Å². The van der Waals surface area contributed by atoms with Gasteiger partial charge in [0, 0.05) is 24.0 Å². The molecule has 0 aliphatic heterocycles. The SMILES string of the molecule is c1cc(-c2ccsc2)cc(-c2ccc(-n3ccnc3)o2)c1. The summed E-state index contributed by atoms with van der Waals surface area (Å²) in [5.74, 6) is 1.62. The minimum absolute atomic E-state index is 0.767. The molecule has 3 heterocycles. The molecule has 21 heavy (non-hydrogen) atoms. The van der Waals surface area contributed by atoms with E-state index in [2.05, 4.69) is 46.1 Å². The van der Waals surface area contributed by atoms with E-state index in [4.69, 9.17) is 4.42 Å². The van der Waals surface area contributed by atoms with Crippen molar-refractivity contribution >= 4 is 11.3 Å². The summed E-state index contributed by atoms with van der Waals surface area (Å²) in [6, 6.07) is 14.5. The second-order valence-electron chi connectivity index (χ2n) is 4.70. The van der Waals surface area contributed by atoms with Crippen LogP contribution in [0.25, 0.3) is 28.3 Å². The normalized spacial score (nSPS) is 10.9. The fraction of sp³-hybridized carbons (Fsp3) is 0. The minimum atomic E-state index is 0.767. The average Bonchev–Trinajstić information content (AvgIpc) is 3.26. The van der Waals surface area contributed by atoms with Crippen LogP contribution in [0.4, 0.5) is 0 Å². The molecule has 0 saturated carbocycles. The number of hydrogen-bond donors (Lipinski definition) is 0. The Morgan fingerprint density at radius 1 is 1.00 bits per heavy atom. The van der Waals surface area contributed by atoms with Gasteiger partial charge in [-0.15, -0.1) is 0 Å². The molecule has 0 fully saturated rings. The largest absolute Gasteiger partial charge is 0.440 e. The van der Waals surface area contributed by atoms with Gasteiger partial charge in [-0.2, -0.15) is 11.3 Å². The minimum Gasteiger partial charge on any atom is -0.440 e. The number of benzene rings is 1. The predicted octanol–water partition coefficient (Wildman–Crippen LogP) is 4.86. The van der Waals surface area contributed by atoms with Crippen LogP contribution in [0.2, 0.25) is 0 Å². The van der Waals surface area contributed by atoms with E-state index in [9.17, 15) is 0 Å². The van der Waals surface area contributed by atoms with E-state index in [0.29, 0.717) is 0 Å². The maximum Gasteiger partial charge on any atom is 0.205 e. The van der Waals surface area contributed by atoms with Gasteiger partial charge in [-0.3, -0.25) is 4.57 Å². The van der Waals surface area contributed by atoms with Crippen molar-refractivity contribution < 1.29 is 4.42 Å². The summed E-state index contributed by atoms with van der Waals surface area (Å²) in [5, 5.41) is 4.24. The molecule has 4 rings (SSSR count). The van der Waals surface area contributed by atoms with Crippen molar-refractivity contribution in [1.29, 1.82) is 0 Å². The summed E-state index contributed by atoms with van der Waals surface area (Å²) in [7, 11) is 0. The number of hydrogen-bond acceptors (Lipinski definition) is 3. The summed E-state index contributed by atoms with van der Waals surface area (Å²) < 4.78 is 7.77. The molecule has 102 valence electrons. The molecule has 4 aromatic rings. The molecule has 1 aromatic carbocycles. The van der Waals surface area contributed by atoms with Gasteiger partial charge in [0.2, 0.25) is 5.88 Å². The van der Waals surface area contributed by atoms with Crippen LogP contribution in [0.15, 0.2) is 76.4 Å². The first-order valence-electron chi connectivity index (χ1n) is 6.61. The zero-order valence-electron chi connectivity index (χ0n) is 11.1. The maximum atomic E-state index is 5.91. The maximum absolute atomic E-state index is 5.91. The Labute approximate surface area is 126 Å². The molecular formula is C17H12N2OS. The molecular weight excluding hydrogens is 280 g/mol. The lowest BCUT2D eigenvalue weighted by Gasteiger charge is -2.02. The molecule has 0 bridgehead atoms. The first-order valence-corrected chi connectivity index (χ1v) is 7.55. The predicted molar refractivity (Wildman–Crippen MR) is 84.6 cm³/mol. The Morgan fingerprint density at radius 3 is 2.76 bits per heavy atom. The van der Waals surface area contributed by atoms with Crippen molar-refractivity contribution in [3.8, 4) is 28.3 Å². The molecule has 0 N–H and O–H groups in total. The highest BCUT2D eigenvalue weighted by Gasteiger charge is 2.07. The van der Waals surface area contributed by atoms with Gasteiger partial charge < -0.3 is 4.42 Å². The highest BCUT2D eigenvalue weighted by molar-refractivity contribution is 7.08. The smallest absolute Gasteiger partial charge is 0.205 e. The van der Waals surface area contributed by atoms with Crippen LogP contribution in [-0.2, 0) is 0 Å². The van der Waals surface area contributed by atoms with Crippen molar-refractivity contribution in [2.75, 3.05) is 0 Å². The number of aromatic nitrogens is 2. The van der Waals surface area contributed by atoms with Crippen molar-refractivity contribution in [1.82, 2.24) is 9.55 Å². The van der Waals surface area contributed by atoms with Crippen molar-refractivity contribution in [2.24, 2.45) is 0 Å². The third-order valence-electron chi connectivity index (χ3n) is 3.35. The van der Waals surface area contributed by atoms with Gasteiger partial charge in [-0.05, 0) is 40.1 Å². The molecule has 0 atom stereocenters. The Kier molecular flexibility index (Phi) is 2.94. The first-order chi connectivity index (χ1) is 10.4. The highest BCUT2D eigenvalue weighted by atomic mass is 32.1. The molecule has 0 aliphatic rings. The van der Waals surface area contributed by atoms with Crippen LogP contribution in [-0.4, -0.2) is 9.55 Å². The molecule has 0 amide bonds. The second-order valence-corrected chi connectivity index (χ2v) is 5.48. The highest BCUT2D eigenvalue weighted by Crippen LogP contribution is 2.29. The van der Waals surface area contributed by atoms with Crippen LogP contribution in [0, 0.1) is 0 Å². The van der Waals surface area contributed by atoms with Crippen LogP contribution >= 0.6 is 11.3 Å². The van der Waals surface area contributed by atoms with Gasteiger partial charge >= 0.3 is 0 Å². The Bertz CT molecular complexity index is 845. The summed E-state index contributed by atoms with van der Waals surface area (Å²) >= 11 is 1.70. The molecule has 4 heteroatoms. The van der Waals surface area contributed by atoms with E-state index in [0.717, 1.165) is 17.2 Å². The summed E-state index contributed by atoms with van der Waals surface area (Å²) in [4.78, 5) is 4.03. The van der Waals surface area contributed by atoms with Crippen molar-refractivity contribution in [3.05, 3.63) is 71.9 Å². The topological polar surface area (TPSA) is 31.0 Å². The van der Waals surface area contributed by atoms with Gasteiger partial charge in [0.05, 0.1) is 0 Å². The molecule has 0 aliphatic carbocycles. The Morgan fingerprint density at radius 2 is 1.95 bits per heavy atom. The molecule has 0 saturated heterocycles. The van der Waals surface area contributed by atoms with E-state index in [1.54, 1.807) is 23.9 Å². The number of rotatable bonds is 3. The third-order valence-corrected chi connectivity index (χ3v) is 4.04. The van der Waals surface area contributed by atoms with Gasteiger partial charge in [0.1, 0.15) is 12.1 Å². The lowest BCUT2D eigenvalue weighted by Crippen LogP contribution is -1.85. The van der Waals surface area contributed by atoms with Crippen molar-refractivity contribution in [2.45, 2.75) is 0 Å². The third kappa shape index (κ3) is 2.30. The molecule has 0 unspecified atom stereocenters. The molecule has 0 radical (unpaired) electrons. The zero-order chi connectivity index (χ0) is 14.1. The van der Waals surface area contributed by atoms with E-state index < -0.39 is 0 Å². The second kappa shape index (κ2) is 5.07. The van der Waals surface area contributed by atoms with Crippen LogP contribution < -0.4 is 0 Å². The van der Waals surface area contributed by atoms with Gasteiger partial charge in [-0.25, -0.2) is 4.98 Å². The summed E-state index contributed by atoms with van der Waals surface area (Å²) in [6.45, 7) is 0. The number of furan rings is 1. The molecule has 0 spiro atoms. The monoisotopic (exact) mass is 292 g/mol. The number of imidazole rings is 1. The Balaban J connectivity index is 1.72. The fourth-order valence-electron chi connectivity index (χ4n) is 2.29. The van der Waals surface area contributed by atoms with Crippen molar-refractivity contribution in [3.63, 3.8) is 0 Å². The fourth-order valence-corrected chi connectivity index (χ4v) is 2.96. The summed E-state index contributed by atoms with van der Waals surface area (Å²) in [6.07, 6.45) is 5.33. The lowest BCUT2D eigenvalue weighted by atomic mass is 10.0. The quantitative estimate of drug-likeness (QED) is 0.540. The van der Waals surface area contributed by atoms with Gasteiger partial charge in [0.25, 0.3) is 0 Å². The first kappa shape index (κ1) is 12.2. The summed E-state index contributed by atoms with van der Waals surface area (Å²) in [5.41, 5.74) is 3.52. The molecule has 3 nitrogen and oxygen atoms in total. The van der Waals surface area contributed by atoms with E-state index in [1.165, 1.54) is 11.1 Å². The standard InChI is InChI=1S/C17H12N2OS/c1-2-13(15-6-9-21-11-15)10-14(3-1)16-4-5-17(20-16)19-8-7-18-12-19/h1-12H. The van der Waals surface area contributed by atoms with Gasteiger partial charge in [-0.1, -0.05) is 18.2 Å².